The minimum absolute atomic E-state index is 0.0322. The summed E-state index contributed by atoms with van der Waals surface area (Å²) in [7, 11) is 2.96. The Balaban J connectivity index is 2.15. The van der Waals surface area contributed by atoms with E-state index in [2.05, 4.69) is 4.74 Å². The van der Waals surface area contributed by atoms with E-state index in [0.717, 1.165) is 12.2 Å². The number of esters is 1. The number of amides is 1. The molecule has 8 nitrogen and oxygen atoms in total. The van der Waals surface area contributed by atoms with Crippen LogP contribution in [0.3, 0.4) is 0 Å². The molecule has 3 aromatic rings. The summed E-state index contributed by atoms with van der Waals surface area (Å²) in [5.41, 5.74) is 0.908. The molecule has 3 rings (SSSR count). The van der Waals surface area contributed by atoms with Gasteiger partial charge in [0.25, 0.3) is 5.91 Å². The SMILES string of the molecule is CCOC(=O)C=CC(=O)N(Cc1ccc(OC)cc1OC)c1ccc(Cl)cc1C(O)c1cccc(OC(F)F)c1Cl. The molecule has 12 heteroatoms. The Kier molecular flexibility index (Phi) is 11.3. The minimum Gasteiger partial charge on any atom is -0.497 e. The van der Waals surface area contributed by atoms with Crippen molar-refractivity contribution in [3.63, 3.8) is 0 Å². The number of alkyl halides is 2. The number of methoxy groups -OCH3 is 2. The third-order valence-corrected chi connectivity index (χ3v) is 6.46. The van der Waals surface area contributed by atoms with Gasteiger partial charge >= 0.3 is 12.6 Å². The van der Waals surface area contributed by atoms with E-state index in [0.29, 0.717) is 17.1 Å². The van der Waals surface area contributed by atoms with Gasteiger partial charge in [-0.15, -0.1) is 0 Å². The summed E-state index contributed by atoms with van der Waals surface area (Å²) in [5.74, 6) is -0.772. The maximum Gasteiger partial charge on any atom is 0.387 e. The molecule has 0 aliphatic carbocycles. The van der Waals surface area contributed by atoms with Crippen LogP contribution in [0, 0.1) is 0 Å². The maximum absolute atomic E-state index is 13.5. The molecule has 1 N–H and O–H groups in total. The van der Waals surface area contributed by atoms with E-state index in [1.54, 1.807) is 25.1 Å². The Bertz CT molecular complexity index is 1420. The summed E-state index contributed by atoms with van der Waals surface area (Å²) in [4.78, 5) is 26.8. The number of rotatable bonds is 12. The third kappa shape index (κ3) is 8.09. The molecule has 0 heterocycles. The van der Waals surface area contributed by atoms with Crippen molar-refractivity contribution in [1.82, 2.24) is 0 Å². The average Bonchev–Trinajstić information content (AvgIpc) is 2.95. The normalized spacial score (nSPS) is 11.8. The second-order valence-electron chi connectivity index (χ2n) is 8.33. The number of aliphatic hydroxyl groups excluding tert-OH is 1. The molecule has 3 aromatic carbocycles. The van der Waals surface area contributed by atoms with Gasteiger partial charge in [-0.3, -0.25) is 4.79 Å². The summed E-state index contributed by atoms with van der Waals surface area (Å²) in [6, 6.07) is 13.5. The molecule has 0 fully saturated rings. The van der Waals surface area contributed by atoms with Gasteiger partial charge in [0.15, 0.2) is 0 Å². The van der Waals surface area contributed by atoms with Gasteiger partial charge in [0.2, 0.25) is 0 Å². The minimum atomic E-state index is -3.14. The first-order valence-corrected chi connectivity index (χ1v) is 12.9. The first-order valence-electron chi connectivity index (χ1n) is 12.2. The van der Waals surface area contributed by atoms with Crippen molar-refractivity contribution in [1.29, 1.82) is 0 Å². The molecule has 218 valence electrons. The van der Waals surface area contributed by atoms with E-state index < -0.39 is 24.6 Å². The van der Waals surface area contributed by atoms with E-state index in [-0.39, 0.29) is 45.8 Å². The number of hydrogen-bond donors (Lipinski definition) is 1. The highest BCUT2D eigenvalue weighted by molar-refractivity contribution is 6.33. The lowest BCUT2D eigenvalue weighted by atomic mass is 9.98. The molecule has 0 radical (unpaired) electrons. The Morgan fingerprint density at radius 2 is 1.73 bits per heavy atom. The standard InChI is InChI=1S/C29H27Cl2F2NO7/c1-4-40-26(36)13-12-25(35)34(16-17-8-10-19(38-2)15-24(17)39-3)22-11-9-18(30)14-21(22)28(37)20-6-5-7-23(27(20)31)41-29(32)33/h5-15,28-29,37H,4,16H2,1-3H3. The number of aliphatic hydroxyl groups is 1. The van der Waals surface area contributed by atoms with Gasteiger partial charge in [0.05, 0.1) is 38.1 Å². The second kappa shape index (κ2) is 14.7. The number of benzene rings is 3. The Morgan fingerprint density at radius 3 is 2.39 bits per heavy atom. The molecule has 0 saturated heterocycles. The molecular weight excluding hydrogens is 583 g/mol. The van der Waals surface area contributed by atoms with Crippen LogP contribution in [-0.4, -0.2) is 44.4 Å². The highest BCUT2D eigenvalue weighted by Crippen LogP contribution is 2.40. The van der Waals surface area contributed by atoms with Gasteiger partial charge in [-0.2, -0.15) is 8.78 Å². The van der Waals surface area contributed by atoms with Crippen molar-refractivity contribution in [2.75, 3.05) is 25.7 Å². The van der Waals surface area contributed by atoms with Crippen molar-refractivity contribution in [3.8, 4) is 17.2 Å². The highest BCUT2D eigenvalue weighted by Gasteiger charge is 2.26. The van der Waals surface area contributed by atoms with Crippen molar-refractivity contribution >= 4 is 40.8 Å². The van der Waals surface area contributed by atoms with Crippen LogP contribution in [-0.2, 0) is 20.9 Å². The first-order chi connectivity index (χ1) is 19.6. The van der Waals surface area contributed by atoms with Crippen molar-refractivity contribution in [2.45, 2.75) is 26.2 Å². The van der Waals surface area contributed by atoms with E-state index in [9.17, 15) is 23.5 Å². The third-order valence-electron chi connectivity index (χ3n) is 5.82. The van der Waals surface area contributed by atoms with Gasteiger partial charge in [-0.25, -0.2) is 4.79 Å². The zero-order valence-electron chi connectivity index (χ0n) is 22.3. The highest BCUT2D eigenvalue weighted by atomic mass is 35.5. The monoisotopic (exact) mass is 609 g/mol. The molecule has 0 aromatic heterocycles. The zero-order chi connectivity index (χ0) is 30.1. The van der Waals surface area contributed by atoms with Crippen LogP contribution >= 0.6 is 23.2 Å². The lowest BCUT2D eigenvalue weighted by Gasteiger charge is -2.27. The molecular formula is C29H27Cl2F2NO7. The summed E-state index contributed by atoms with van der Waals surface area (Å²) >= 11 is 12.6. The van der Waals surface area contributed by atoms with Gasteiger partial charge in [0, 0.05) is 39.9 Å². The number of carbonyl (C=O) groups excluding carboxylic acids is 2. The van der Waals surface area contributed by atoms with Crippen molar-refractivity contribution < 1.29 is 42.4 Å². The van der Waals surface area contributed by atoms with Crippen LogP contribution in [0.1, 0.15) is 29.7 Å². The van der Waals surface area contributed by atoms with E-state index in [1.807, 2.05) is 0 Å². The quantitative estimate of drug-likeness (QED) is 0.189. The largest absolute Gasteiger partial charge is 0.497 e. The molecule has 1 unspecified atom stereocenters. The predicted octanol–water partition coefficient (Wildman–Crippen LogP) is 6.35. The number of anilines is 1. The lowest BCUT2D eigenvalue weighted by molar-refractivity contribution is -0.137. The second-order valence-corrected chi connectivity index (χ2v) is 9.15. The fourth-order valence-electron chi connectivity index (χ4n) is 3.94. The molecule has 41 heavy (non-hydrogen) atoms. The van der Waals surface area contributed by atoms with E-state index in [4.69, 9.17) is 37.4 Å². The Labute approximate surface area is 245 Å². The smallest absolute Gasteiger partial charge is 0.387 e. The number of hydrogen-bond acceptors (Lipinski definition) is 7. The summed E-state index contributed by atoms with van der Waals surface area (Å²) in [6.07, 6.45) is 0.487. The van der Waals surface area contributed by atoms with Crippen LogP contribution in [0.15, 0.2) is 66.7 Å². The summed E-state index contributed by atoms with van der Waals surface area (Å²) < 4.78 is 45.9. The zero-order valence-corrected chi connectivity index (χ0v) is 23.8. The first kappa shape index (κ1) is 31.7. The van der Waals surface area contributed by atoms with Crippen LogP contribution in [0.4, 0.5) is 14.5 Å². The molecule has 0 saturated carbocycles. The van der Waals surface area contributed by atoms with Gasteiger partial charge in [-0.05, 0) is 43.3 Å². The van der Waals surface area contributed by atoms with Crippen LogP contribution in [0.2, 0.25) is 10.0 Å². The fourth-order valence-corrected chi connectivity index (χ4v) is 4.39. The van der Waals surface area contributed by atoms with Gasteiger partial charge in [0.1, 0.15) is 23.4 Å². The molecule has 0 spiro atoms. The topological polar surface area (TPSA) is 94.5 Å². The number of carbonyl (C=O) groups is 2. The van der Waals surface area contributed by atoms with Crippen LogP contribution in [0.25, 0.3) is 0 Å². The number of halogens is 4. The number of nitrogens with zero attached hydrogens (tertiary/aromatic N) is 1. The fraction of sp³-hybridized carbons (Fsp3) is 0.241. The van der Waals surface area contributed by atoms with E-state index in [1.165, 1.54) is 55.5 Å². The lowest BCUT2D eigenvalue weighted by Crippen LogP contribution is -2.30. The maximum atomic E-state index is 13.5. The van der Waals surface area contributed by atoms with Gasteiger partial charge in [-0.1, -0.05) is 35.3 Å². The van der Waals surface area contributed by atoms with Gasteiger partial charge < -0.3 is 29.0 Å². The van der Waals surface area contributed by atoms with Crippen molar-refractivity contribution in [2.24, 2.45) is 0 Å². The molecule has 0 bridgehead atoms. The van der Waals surface area contributed by atoms with Crippen LogP contribution < -0.4 is 19.1 Å². The predicted molar refractivity (Wildman–Crippen MR) is 150 cm³/mol. The number of ether oxygens (including phenoxy) is 4. The molecule has 1 atom stereocenters. The molecule has 0 aliphatic heterocycles. The summed E-state index contributed by atoms with van der Waals surface area (Å²) in [6.45, 7) is -1.47. The van der Waals surface area contributed by atoms with Crippen molar-refractivity contribution in [3.05, 3.63) is 93.5 Å². The summed E-state index contributed by atoms with van der Waals surface area (Å²) in [5, 5.41) is 11.4. The van der Waals surface area contributed by atoms with Crippen LogP contribution in [0.5, 0.6) is 17.2 Å². The Hall–Kier alpha value is -3.86. The van der Waals surface area contributed by atoms with E-state index >= 15 is 0 Å². The average molecular weight is 610 g/mol. The molecule has 0 aliphatic rings. The Morgan fingerprint density at radius 1 is 0.976 bits per heavy atom. The molecule has 1 amide bonds.